The maximum absolute atomic E-state index is 12.2. The Balaban J connectivity index is 2.17. The Hall–Kier alpha value is -1.44. The fourth-order valence-electron chi connectivity index (χ4n) is 2.46. The van der Waals surface area contributed by atoms with Crippen LogP contribution in [0.15, 0.2) is 24.3 Å². The summed E-state index contributed by atoms with van der Waals surface area (Å²) < 4.78 is 30.8. The van der Waals surface area contributed by atoms with Crippen LogP contribution < -0.4 is 0 Å². The quantitative estimate of drug-likeness (QED) is 0.851. The number of ether oxygens (including phenoxy) is 1. The number of hydrogen-bond donors (Lipinski definition) is 1. The first-order chi connectivity index (χ1) is 10.7. The Morgan fingerprint density at radius 1 is 1.35 bits per heavy atom. The largest absolute Gasteiger partial charge is 0.444 e. The molecule has 1 heterocycles. The van der Waals surface area contributed by atoms with Gasteiger partial charge in [0.05, 0.1) is 6.04 Å². The highest BCUT2D eigenvalue weighted by molar-refractivity contribution is 7.74. The van der Waals surface area contributed by atoms with Crippen LogP contribution in [-0.4, -0.2) is 37.9 Å². The maximum atomic E-state index is 12.2. The molecule has 0 aromatic heterocycles. The summed E-state index contributed by atoms with van der Waals surface area (Å²) in [6.45, 7) is 7.91. The average Bonchev–Trinajstić information content (AvgIpc) is 2.34. The van der Waals surface area contributed by atoms with Crippen LogP contribution in [0.25, 0.3) is 0 Å². The van der Waals surface area contributed by atoms with Gasteiger partial charge in [0, 0.05) is 6.54 Å². The van der Waals surface area contributed by atoms with E-state index in [0.29, 0.717) is 13.0 Å². The normalized spacial score (nSPS) is 20.6. The molecule has 2 rings (SSSR count). The molecule has 1 fully saturated rings. The predicted molar refractivity (Wildman–Crippen MR) is 87.1 cm³/mol. The van der Waals surface area contributed by atoms with Gasteiger partial charge in [-0.3, -0.25) is 8.74 Å². The topological polar surface area (TPSA) is 76.1 Å². The smallest absolute Gasteiger partial charge is 0.410 e. The Morgan fingerprint density at radius 2 is 1.96 bits per heavy atom. The van der Waals surface area contributed by atoms with Crippen LogP contribution in [0, 0.1) is 6.92 Å². The minimum Gasteiger partial charge on any atom is -0.444 e. The van der Waals surface area contributed by atoms with E-state index in [1.165, 1.54) is 0 Å². The summed E-state index contributed by atoms with van der Waals surface area (Å²) in [5.41, 5.74) is 1.25. The Bertz CT molecular complexity index is 581. The second-order valence-electron chi connectivity index (χ2n) is 6.67. The molecule has 7 heteroatoms. The highest BCUT2D eigenvalue weighted by atomic mass is 32.2. The van der Waals surface area contributed by atoms with Crippen LogP contribution in [0.1, 0.15) is 44.4 Å². The van der Waals surface area contributed by atoms with Crippen molar-refractivity contribution in [3.05, 3.63) is 35.4 Å². The molecule has 0 spiro atoms. The van der Waals surface area contributed by atoms with Gasteiger partial charge in [0.25, 0.3) is 0 Å². The van der Waals surface area contributed by atoms with Gasteiger partial charge in [-0.05, 0) is 39.7 Å². The molecule has 128 valence electrons. The SMILES string of the molecule is Cc1ccc(C(OS(=O)O)C2CCN2C(=O)OC(C)(C)C)cc1. The van der Waals surface area contributed by atoms with Crippen molar-refractivity contribution in [1.82, 2.24) is 4.90 Å². The van der Waals surface area contributed by atoms with Crippen molar-refractivity contribution in [1.29, 1.82) is 0 Å². The number of hydrogen-bond acceptors (Lipinski definition) is 4. The summed E-state index contributed by atoms with van der Waals surface area (Å²) in [5.74, 6) is 0. The van der Waals surface area contributed by atoms with Gasteiger partial charge >= 0.3 is 17.5 Å². The van der Waals surface area contributed by atoms with E-state index in [0.717, 1.165) is 11.1 Å². The standard InChI is InChI=1S/C16H23NO5S/c1-11-5-7-12(8-6-11)14(22-23(19)20)13-9-10-17(13)15(18)21-16(2,3)4/h5-8,13-14H,9-10H2,1-4H3,(H,19,20). The second kappa shape index (κ2) is 6.98. The van der Waals surface area contributed by atoms with Crippen molar-refractivity contribution < 1.29 is 22.5 Å². The number of carbonyl (C=O) groups is 1. The summed E-state index contributed by atoms with van der Waals surface area (Å²) >= 11 is -2.42. The van der Waals surface area contributed by atoms with Crippen molar-refractivity contribution in [2.45, 2.75) is 51.9 Å². The van der Waals surface area contributed by atoms with Crippen molar-refractivity contribution in [2.24, 2.45) is 0 Å². The van der Waals surface area contributed by atoms with E-state index in [1.807, 2.05) is 31.2 Å². The molecule has 0 bridgehead atoms. The number of aryl methyl sites for hydroxylation is 1. The van der Waals surface area contributed by atoms with Gasteiger partial charge in [0.1, 0.15) is 11.7 Å². The molecule has 1 aliphatic rings. The zero-order chi connectivity index (χ0) is 17.2. The Morgan fingerprint density at radius 3 is 2.39 bits per heavy atom. The Kier molecular flexibility index (Phi) is 5.44. The first-order valence-corrected chi connectivity index (χ1v) is 8.55. The molecule has 1 aliphatic heterocycles. The van der Waals surface area contributed by atoms with Gasteiger partial charge in [-0.1, -0.05) is 29.8 Å². The molecule has 6 nitrogen and oxygen atoms in total. The van der Waals surface area contributed by atoms with Crippen molar-refractivity contribution in [3.63, 3.8) is 0 Å². The fraction of sp³-hybridized carbons (Fsp3) is 0.562. The predicted octanol–water partition coefficient (Wildman–Crippen LogP) is 3.20. The molecule has 23 heavy (non-hydrogen) atoms. The van der Waals surface area contributed by atoms with Gasteiger partial charge in [-0.25, -0.2) is 4.79 Å². The van der Waals surface area contributed by atoms with E-state index in [2.05, 4.69) is 0 Å². The van der Waals surface area contributed by atoms with Crippen molar-refractivity contribution in [2.75, 3.05) is 6.54 Å². The van der Waals surface area contributed by atoms with Crippen molar-refractivity contribution in [3.8, 4) is 0 Å². The molecule has 0 radical (unpaired) electrons. The third kappa shape index (κ3) is 4.76. The molecule has 1 aromatic carbocycles. The highest BCUT2D eigenvalue weighted by Crippen LogP contribution is 2.34. The minimum absolute atomic E-state index is 0.316. The minimum atomic E-state index is -2.42. The van der Waals surface area contributed by atoms with Gasteiger partial charge in [-0.15, -0.1) is 0 Å². The summed E-state index contributed by atoms with van der Waals surface area (Å²) in [7, 11) is 0. The van der Waals surface area contributed by atoms with Crippen LogP contribution in [0.5, 0.6) is 0 Å². The van der Waals surface area contributed by atoms with E-state index in [1.54, 1.807) is 25.7 Å². The summed E-state index contributed by atoms with van der Waals surface area (Å²) in [6, 6.07) is 7.19. The van der Waals surface area contributed by atoms with Crippen LogP contribution in [0.4, 0.5) is 4.79 Å². The van der Waals surface area contributed by atoms with Crippen LogP contribution in [-0.2, 0) is 20.3 Å². The number of carbonyl (C=O) groups excluding carboxylic acids is 1. The molecule has 3 unspecified atom stereocenters. The van der Waals surface area contributed by atoms with Gasteiger partial charge in [0.2, 0.25) is 0 Å². The lowest BCUT2D eigenvalue weighted by Gasteiger charge is -2.44. The molecular weight excluding hydrogens is 318 g/mol. The molecular formula is C16H23NO5S. The van der Waals surface area contributed by atoms with E-state index in [-0.39, 0.29) is 6.04 Å². The molecule has 0 aliphatic carbocycles. The molecule has 1 N–H and O–H groups in total. The average molecular weight is 341 g/mol. The fourth-order valence-corrected chi connectivity index (χ4v) is 2.87. The summed E-state index contributed by atoms with van der Waals surface area (Å²) in [5, 5.41) is 0. The van der Waals surface area contributed by atoms with Gasteiger partial charge < -0.3 is 9.64 Å². The van der Waals surface area contributed by atoms with Crippen LogP contribution in [0.3, 0.4) is 0 Å². The summed E-state index contributed by atoms with van der Waals surface area (Å²) in [4.78, 5) is 13.8. The van der Waals surface area contributed by atoms with Crippen LogP contribution in [0.2, 0.25) is 0 Å². The first kappa shape index (κ1) is 17.9. The van der Waals surface area contributed by atoms with Gasteiger partial charge in [-0.2, -0.15) is 4.21 Å². The lowest BCUT2D eigenvalue weighted by molar-refractivity contribution is -0.0336. The third-order valence-electron chi connectivity index (χ3n) is 3.64. The number of nitrogens with zero attached hydrogens (tertiary/aromatic N) is 1. The highest BCUT2D eigenvalue weighted by Gasteiger charge is 2.42. The van der Waals surface area contributed by atoms with E-state index in [9.17, 15) is 9.00 Å². The summed E-state index contributed by atoms with van der Waals surface area (Å²) in [6.07, 6.45) is -0.407. The van der Waals surface area contributed by atoms with Crippen molar-refractivity contribution >= 4 is 17.5 Å². The number of likely N-dealkylation sites (tertiary alicyclic amines) is 1. The lowest BCUT2D eigenvalue weighted by atomic mass is 9.92. The Labute approximate surface area is 139 Å². The maximum Gasteiger partial charge on any atom is 0.410 e. The van der Waals surface area contributed by atoms with Gasteiger partial charge in [0.15, 0.2) is 0 Å². The first-order valence-electron chi connectivity index (χ1n) is 7.51. The zero-order valence-corrected chi connectivity index (χ0v) is 14.6. The van der Waals surface area contributed by atoms with E-state index < -0.39 is 29.2 Å². The zero-order valence-electron chi connectivity index (χ0n) is 13.8. The van der Waals surface area contributed by atoms with E-state index >= 15 is 0 Å². The number of rotatable bonds is 4. The molecule has 1 amide bonds. The number of benzene rings is 1. The lowest BCUT2D eigenvalue weighted by Crippen LogP contribution is -2.55. The molecule has 1 aromatic rings. The number of amides is 1. The van der Waals surface area contributed by atoms with Crippen LogP contribution >= 0.6 is 0 Å². The molecule has 3 atom stereocenters. The third-order valence-corrected chi connectivity index (χ3v) is 4.01. The monoisotopic (exact) mass is 341 g/mol. The molecule has 1 saturated heterocycles. The van der Waals surface area contributed by atoms with E-state index in [4.69, 9.17) is 13.5 Å². The second-order valence-corrected chi connectivity index (χ2v) is 7.30. The molecule has 0 saturated carbocycles.